The number of anilines is 2. The molecule has 0 radical (unpaired) electrons. The molecule has 3 rings (SSSR count). The Hall–Kier alpha value is -2.46. The van der Waals surface area contributed by atoms with E-state index in [0.29, 0.717) is 6.41 Å². The van der Waals surface area contributed by atoms with Gasteiger partial charge >= 0.3 is 0 Å². The van der Waals surface area contributed by atoms with Gasteiger partial charge in [-0.1, -0.05) is 36.5 Å². The molecule has 1 amide bonds. The minimum atomic E-state index is 0.682. The highest BCUT2D eigenvalue weighted by Crippen LogP contribution is 2.43. The fourth-order valence-electron chi connectivity index (χ4n) is 2.35. The van der Waals surface area contributed by atoms with E-state index in [4.69, 9.17) is 0 Å². The fourth-order valence-corrected chi connectivity index (χ4v) is 3.36. The maximum atomic E-state index is 10.4. The molecule has 1 aliphatic heterocycles. The van der Waals surface area contributed by atoms with Gasteiger partial charge in [0.25, 0.3) is 0 Å². The van der Waals surface area contributed by atoms with E-state index in [-0.39, 0.29) is 0 Å². The van der Waals surface area contributed by atoms with E-state index in [1.807, 2.05) is 43.4 Å². The van der Waals surface area contributed by atoms with Crippen LogP contribution >= 0.6 is 11.8 Å². The number of carbonyl (C=O) groups is 1. The third-order valence-electron chi connectivity index (χ3n) is 3.57. The number of benzene rings is 2. The van der Waals surface area contributed by atoms with Gasteiger partial charge in [0.15, 0.2) is 0 Å². The first-order chi connectivity index (χ1) is 10.7. The zero-order valence-corrected chi connectivity index (χ0v) is 13.1. The van der Waals surface area contributed by atoms with Crippen LogP contribution in [0.15, 0.2) is 71.8 Å². The highest BCUT2D eigenvalue weighted by molar-refractivity contribution is 8.08. The molecular weight excluding hydrogens is 292 g/mol. The number of nitrogens with one attached hydrogen (secondary N) is 1. The molecule has 0 spiro atoms. The highest BCUT2D eigenvalue weighted by Gasteiger charge is 2.18. The molecule has 2 aromatic carbocycles. The number of thioether (sulfide) groups is 1. The van der Waals surface area contributed by atoms with E-state index in [1.54, 1.807) is 11.8 Å². The summed E-state index contributed by atoms with van der Waals surface area (Å²) in [5.74, 6) is 0. The van der Waals surface area contributed by atoms with E-state index < -0.39 is 0 Å². The second-order valence-corrected chi connectivity index (χ2v) is 6.08. The van der Waals surface area contributed by atoms with Crippen molar-refractivity contribution in [1.82, 2.24) is 0 Å². The Morgan fingerprint density at radius 1 is 1.14 bits per heavy atom. The molecule has 1 N–H and O–H groups in total. The molecule has 0 fully saturated rings. The van der Waals surface area contributed by atoms with Crippen LogP contribution in [0.2, 0.25) is 0 Å². The van der Waals surface area contributed by atoms with Crippen LogP contribution in [0.4, 0.5) is 11.4 Å². The van der Waals surface area contributed by atoms with E-state index >= 15 is 0 Å². The number of allylic oxidation sites excluding steroid dienone is 1. The lowest BCUT2D eigenvalue weighted by Gasteiger charge is -2.28. The second-order valence-electron chi connectivity index (χ2n) is 4.96. The number of rotatable bonds is 4. The Labute approximate surface area is 134 Å². The van der Waals surface area contributed by atoms with Crippen LogP contribution in [0, 0.1) is 0 Å². The molecule has 0 saturated heterocycles. The van der Waals surface area contributed by atoms with Crippen molar-refractivity contribution in [3.05, 3.63) is 72.4 Å². The van der Waals surface area contributed by atoms with Gasteiger partial charge in [-0.05, 0) is 36.4 Å². The molecule has 0 unspecified atom stereocenters. The molecule has 0 saturated carbocycles. The molecule has 0 atom stereocenters. The zero-order valence-electron chi connectivity index (χ0n) is 12.2. The van der Waals surface area contributed by atoms with Crippen LogP contribution in [-0.2, 0) is 4.79 Å². The van der Waals surface area contributed by atoms with Crippen LogP contribution in [-0.4, -0.2) is 13.5 Å². The zero-order chi connectivity index (χ0) is 15.5. The first-order valence-electron chi connectivity index (χ1n) is 6.91. The maximum absolute atomic E-state index is 10.4. The summed E-state index contributed by atoms with van der Waals surface area (Å²) in [6.07, 6.45) is 2.78. The predicted molar refractivity (Wildman–Crippen MR) is 93.9 cm³/mol. The minimum absolute atomic E-state index is 0.682. The van der Waals surface area contributed by atoms with Crippen molar-refractivity contribution in [2.75, 3.05) is 17.3 Å². The Morgan fingerprint density at radius 3 is 2.59 bits per heavy atom. The van der Waals surface area contributed by atoms with Gasteiger partial charge in [0.05, 0.1) is 0 Å². The van der Waals surface area contributed by atoms with Gasteiger partial charge in [-0.25, -0.2) is 0 Å². The van der Waals surface area contributed by atoms with E-state index in [2.05, 4.69) is 35.0 Å². The van der Waals surface area contributed by atoms with Crippen molar-refractivity contribution in [1.29, 1.82) is 0 Å². The number of carbonyl (C=O) groups excluding carboxylic acids is 1. The van der Waals surface area contributed by atoms with Crippen LogP contribution in [0.25, 0.3) is 4.91 Å². The van der Waals surface area contributed by atoms with Gasteiger partial charge in [0, 0.05) is 39.5 Å². The normalized spacial score (nSPS) is 13.4. The van der Waals surface area contributed by atoms with Gasteiger partial charge in [-0.3, -0.25) is 4.79 Å². The number of amides is 1. The summed E-state index contributed by atoms with van der Waals surface area (Å²) >= 11 is 1.70. The average molecular weight is 308 g/mol. The predicted octanol–water partition coefficient (Wildman–Crippen LogP) is 4.35. The molecule has 0 aromatic heterocycles. The summed E-state index contributed by atoms with van der Waals surface area (Å²) in [5, 5.41) is 2.64. The number of likely N-dealkylation sites (N-methyl/N-ethyl adjacent to an activating group) is 1. The summed E-state index contributed by atoms with van der Waals surface area (Å²) < 4.78 is 0. The van der Waals surface area contributed by atoms with Crippen LogP contribution in [0.3, 0.4) is 0 Å². The van der Waals surface area contributed by atoms with Crippen molar-refractivity contribution in [3.8, 4) is 0 Å². The third-order valence-corrected chi connectivity index (χ3v) is 4.63. The van der Waals surface area contributed by atoms with Crippen molar-refractivity contribution < 1.29 is 4.79 Å². The molecule has 2 aromatic rings. The van der Waals surface area contributed by atoms with Crippen LogP contribution < -0.4 is 10.2 Å². The number of nitrogens with zero attached hydrogens (tertiary/aromatic N) is 1. The monoisotopic (exact) mass is 308 g/mol. The summed E-state index contributed by atoms with van der Waals surface area (Å²) in [6, 6.07) is 16.1. The van der Waals surface area contributed by atoms with Crippen molar-refractivity contribution >= 4 is 34.5 Å². The van der Waals surface area contributed by atoms with E-state index in [9.17, 15) is 4.79 Å². The molecule has 0 aliphatic carbocycles. The quantitative estimate of drug-likeness (QED) is 0.852. The van der Waals surface area contributed by atoms with Crippen molar-refractivity contribution in [3.63, 3.8) is 0 Å². The van der Waals surface area contributed by atoms with Gasteiger partial charge in [-0.2, -0.15) is 0 Å². The molecule has 1 heterocycles. The lowest BCUT2D eigenvalue weighted by molar-refractivity contribution is -0.105. The number of hydrogen-bond acceptors (Lipinski definition) is 3. The first kappa shape index (κ1) is 14.5. The summed E-state index contributed by atoms with van der Waals surface area (Å²) in [7, 11) is 2.03. The van der Waals surface area contributed by atoms with Crippen molar-refractivity contribution in [2.24, 2.45) is 0 Å². The average Bonchev–Trinajstić information content (AvgIpc) is 2.54. The first-order valence-corrected chi connectivity index (χ1v) is 7.72. The van der Waals surface area contributed by atoms with Gasteiger partial charge in [0.2, 0.25) is 6.41 Å². The van der Waals surface area contributed by atoms with Crippen LogP contribution in [0.5, 0.6) is 0 Å². The smallest absolute Gasteiger partial charge is 0.211 e. The number of fused-ring (bicyclic) bond motifs is 1. The Kier molecular flexibility index (Phi) is 4.02. The molecular formula is C18H16N2OS. The van der Waals surface area contributed by atoms with Crippen LogP contribution in [0.1, 0.15) is 5.56 Å². The third kappa shape index (κ3) is 2.78. The summed E-state index contributed by atoms with van der Waals surface area (Å²) in [6.45, 7) is 4.11. The van der Waals surface area contributed by atoms with Gasteiger partial charge in [-0.15, -0.1) is 0 Å². The number of para-hydroxylation sites is 1. The van der Waals surface area contributed by atoms with Gasteiger partial charge < -0.3 is 10.2 Å². The molecule has 3 nitrogen and oxygen atoms in total. The number of hydrogen-bond donors (Lipinski definition) is 1. The Bertz CT molecular complexity index is 750. The second kappa shape index (κ2) is 6.12. The molecule has 0 bridgehead atoms. The SMILES string of the molecule is C=C1C=C(Sc2ccc(NC=O)cc2)c2ccccc2N1C. The largest absolute Gasteiger partial charge is 0.345 e. The topological polar surface area (TPSA) is 32.3 Å². The highest BCUT2D eigenvalue weighted by atomic mass is 32.2. The fraction of sp³-hybridized carbons (Fsp3) is 0.0556. The summed E-state index contributed by atoms with van der Waals surface area (Å²) in [4.78, 5) is 14.8. The summed E-state index contributed by atoms with van der Waals surface area (Å²) in [5.41, 5.74) is 4.14. The molecule has 22 heavy (non-hydrogen) atoms. The lowest BCUT2D eigenvalue weighted by atomic mass is 10.1. The molecule has 4 heteroatoms. The van der Waals surface area contributed by atoms with E-state index in [0.717, 1.165) is 22.0 Å². The minimum Gasteiger partial charge on any atom is -0.345 e. The van der Waals surface area contributed by atoms with E-state index in [1.165, 1.54) is 10.5 Å². The molecule has 1 aliphatic rings. The standard InChI is InChI=1S/C18H16N2OS/c1-13-11-18(16-5-3-4-6-17(16)20(13)2)22-15-9-7-14(8-10-15)19-12-21/h3-12H,1H2,2H3,(H,19,21). The Morgan fingerprint density at radius 2 is 1.86 bits per heavy atom. The lowest BCUT2D eigenvalue weighted by Crippen LogP contribution is -2.18. The maximum Gasteiger partial charge on any atom is 0.211 e. The molecule has 110 valence electrons. The Balaban J connectivity index is 1.90. The van der Waals surface area contributed by atoms with Crippen molar-refractivity contribution in [2.45, 2.75) is 4.90 Å². The van der Waals surface area contributed by atoms with Gasteiger partial charge in [0.1, 0.15) is 0 Å².